The Morgan fingerprint density at radius 2 is 1.79 bits per heavy atom. The third kappa shape index (κ3) is 3.78. The van der Waals surface area contributed by atoms with Crippen molar-refractivity contribution in [2.75, 3.05) is 6.61 Å². The zero-order chi connectivity index (χ0) is 18.1. The summed E-state index contributed by atoms with van der Waals surface area (Å²) in [4.78, 5) is 0. The second-order valence-electron chi connectivity index (χ2n) is 8.16. The Morgan fingerprint density at radius 1 is 1.17 bits per heavy atom. The summed E-state index contributed by atoms with van der Waals surface area (Å²) in [6, 6.07) is 4.08. The second-order valence-corrected chi connectivity index (χ2v) is 8.60. The van der Waals surface area contributed by atoms with E-state index in [0.29, 0.717) is 6.61 Å². The van der Waals surface area contributed by atoms with Gasteiger partial charge in [-0.1, -0.05) is 76.6 Å². The summed E-state index contributed by atoms with van der Waals surface area (Å²) in [5.74, 6) is 0.940. The van der Waals surface area contributed by atoms with E-state index in [1.165, 1.54) is 11.1 Å². The number of rotatable bonds is 5. The molecule has 130 valence electrons. The fourth-order valence-corrected chi connectivity index (χ4v) is 3.38. The summed E-state index contributed by atoms with van der Waals surface area (Å²) >= 11 is 6.49. The van der Waals surface area contributed by atoms with Gasteiger partial charge in [0, 0.05) is 21.6 Å². The standard InChI is InChI=1S/C22H29ClO/c1-8-11-24-20-18(21(3,4)5)13-17(23)14-19(20)22(6,7)16-10-9-15(2)12-16/h8,10,12-14H,1,9,11H2,2-7H3. The molecule has 0 unspecified atom stereocenters. The molecule has 0 fully saturated rings. The molecule has 0 amide bonds. The lowest BCUT2D eigenvalue weighted by Gasteiger charge is -2.32. The van der Waals surface area contributed by atoms with Crippen molar-refractivity contribution in [1.82, 2.24) is 0 Å². The van der Waals surface area contributed by atoms with Gasteiger partial charge < -0.3 is 4.74 Å². The lowest BCUT2D eigenvalue weighted by atomic mass is 9.74. The third-order valence-electron chi connectivity index (χ3n) is 4.65. The van der Waals surface area contributed by atoms with E-state index >= 15 is 0 Å². The molecule has 0 aromatic heterocycles. The molecule has 0 heterocycles. The van der Waals surface area contributed by atoms with Crippen LogP contribution in [0.4, 0.5) is 0 Å². The van der Waals surface area contributed by atoms with E-state index in [0.717, 1.165) is 28.3 Å². The van der Waals surface area contributed by atoms with Crippen LogP contribution >= 0.6 is 11.6 Å². The van der Waals surface area contributed by atoms with Gasteiger partial charge in [-0.3, -0.25) is 0 Å². The molecule has 0 radical (unpaired) electrons. The van der Waals surface area contributed by atoms with Crippen molar-refractivity contribution in [2.24, 2.45) is 0 Å². The molecule has 0 aliphatic heterocycles. The van der Waals surface area contributed by atoms with Crippen molar-refractivity contribution in [1.29, 1.82) is 0 Å². The van der Waals surface area contributed by atoms with Crippen LogP contribution < -0.4 is 4.74 Å². The monoisotopic (exact) mass is 344 g/mol. The lowest BCUT2D eigenvalue weighted by Crippen LogP contribution is -2.23. The molecule has 2 rings (SSSR count). The van der Waals surface area contributed by atoms with Crippen molar-refractivity contribution in [3.8, 4) is 5.75 Å². The first-order valence-electron chi connectivity index (χ1n) is 8.53. The van der Waals surface area contributed by atoms with Gasteiger partial charge in [0.1, 0.15) is 12.4 Å². The van der Waals surface area contributed by atoms with Crippen molar-refractivity contribution < 1.29 is 4.74 Å². The molecule has 0 saturated heterocycles. The molecule has 1 aromatic carbocycles. The van der Waals surface area contributed by atoms with Crippen molar-refractivity contribution in [3.05, 3.63) is 64.2 Å². The van der Waals surface area contributed by atoms with Gasteiger partial charge in [-0.2, -0.15) is 0 Å². The molecule has 1 aliphatic rings. The zero-order valence-electron chi connectivity index (χ0n) is 15.8. The van der Waals surface area contributed by atoms with Gasteiger partial charge in [0.05, 0.1) is 0 Å². The number of ether oxygens (including phenoxy) is 1. The largest absolute Gasteiger partial charge is 0.489 e. The van der Waals surface area contributed by atoms with Crippen LogP contribution in [0, 0.1) is 0 Å². The normalized spacial score (nSPS) is 15.1. The molecule has 0 saturated carbocycles. The highest BCUT2D eigenvalue weighted by Crippen LogP contribution is 2.46. The molecule has 24 heavy (non-hydrogen) atoms. The van der Waals surface area contributed by atoms with Crippen LogP contribution in [0.5, 0.6) is 5.75 Å². The molecule has 0 atom stereocenters. The molecule has 1 nitrogen and oxygen atoms in total. The predicted octanol–water partition coefficient (Wildman–Crippen LogP) is 6.76. The SMILES string of the molecule is C=CCOc1c(C(C)(C)C)cc(Cl)cc1C(C)(C)C1=CCC(C)=C1. The summed E-state index contributed by atoms with van der Waals surface area (Å²) in [6.07, 6.45) is 7.41. The highest BCUT2D eigenvalue weighted by molar-refractivity contribution is 6.30. The van der Waals surface area contributed by atoms with Crippen molar-refractivity contribution in [2.45, 2.75) is 58.8 Å². The average Bonchev–Trinajstić information content (AvgIpc) is 2.91. The molecule has 0 spiro atoms. The number of benzene rings is 1. The maximum absolute atomic E-state index is 6.49. The summed E-state index contributed by atoms with van der Waals surface area (Å²) in [5, 5.41) is 0.758. The lowest BCUT2D eigenvalue weighted by molar-refractivity contribution is 0.341. The van der Waals surface area contributed by atoms with Gasteiger partial charge in [0.2, 0.25) is 0 Å². The first-order chi connectivity index (χ1) is 11.1. The Labute approximate surface area is 152 Å². The van der Waals surface area contributed by atoms with Gasteiger partial charge >= 0.3 is 0 Å². The van der Waals surface area contributed by atoms with Gasteiger partial charge in [0.15, 0.2) is 0 Å². The zero-order valence-corrected chi connectivity index (χ0v) is 16.6. The Kier molecular flexibility index (Phi) is 5.34. The van der Waals surface area contributed by atoms with E-state index in [2.05, 4.69) is 66.3 Å². The summed E-state index contributed by atoms with van der Waals surface area (Å²) in [7, 11) is 0. The van der Waals surface area contributed by atoms with E-state index in [4.69, 9.17) is 16.3 Å². The molecular formula is C22H29ClO. The van der Waals surface area contributed by atoms with Crippen LogP contribution in [-0.4, -0.2) is 6.61 Å². The first kappa shape index (κ1) is 18.9. The minimum atomic E-state index is -0.167. The van der Waals surface area contributed by atoms with Gasteiger partial charge in [-0.25, -0.2) is 0 Å². The number of hydrogen-bond donors (Lipinski definition) is 0. The van der Waals surface area contributed by atoms with Crippen LogP contribution in [0.1, 0.15) is 59.1 Å². The van der Waals surface area contributed by atoms with Crippen LogP contribution in [0.15, 0.2) is 48.1 Å². The van der Waals surface area contributed by atoms with Crippen LogP contribution in [0.25, 0.3) is 0 Å². The van der Waals surface area contributed by atoms with Crippen molar-refractivity contribution >= 4 is 11.6 Å². The van der Waals surface area contributed by atoms with Gasteiger partial charge in [-0.15, -0.1) is 0 Å². The highest BCUT2D eigenvalue weighted by Gasteiger charge is 2.33. The first-order valence-corrected chi connectivity index (χ1v) is 8.91. The van der Waals surface area contributed by atoms with E-state index in [1.807, 2.05) is 6.07 Å². The summed E-state index contributed by atoms with van der Waals surface area (Å²) < 4.78 is 6.15. The topological polar surface area (TPSA) is 9.23 Å². The molecule has 0 N–H and O–H groups in total. The van der Waals surface area contributed by atoms with Crippen LogP contribution in [-0.2, 0) is 10.8 Å². The fourth-order valence-electron chi connectivity index (χ4n) is 3.16. The third-order valence-corrected chi connectivity index (χ3v) is 4.87. The van der Waals surface area contributed by atoms with Crippen LogP contribution in [0.2, 0.25) is 5.02 Å². The van der Waals surface area contributed by atoms with Gasteiger partial charge in [-0.05, 0) is 36.5 Å². The molecule has 1 aromatic rings. The minimum Gasteiger partial charge on any atom is -0.489 e. The van der Waals surface area contributed by atoms with Crippen molar-refractivity contribution in [3.63, 3.8) is 0 Å². The smallest absolute Gasteiger partial charge is 0.127 e. The molecule has 0 bridgehead atoms. The summed E-state index contributed by atoms with van der Waals surface area (Å²) in [5.41, 5.74) is 4.77. The predicted molar refractivity (Wildman–Crippen MR) is 105 cm³/mol. The van der Waals surface area contributed by atoms with E-state index in [9.17, 15) is 0 Å². The fraction of sp³-hybridized carbons (Fsp3) is 0.455. The Hall–Kier alpha value is -1.47. The number of hydrogen-bond acceptors (Lipinski definition) is 1. The minimum absolute atomic E-state index is 0.0535. The maximum atomic E-state index is 6.49. The molecular weight excluding hydrogens is 316 g/mol. The molecule has 1 aliphatic carbocycles. The maximum Gasteiger partial charge on any atom is 0.127 e. The quantitative estimate of drug-likeness (QED) is 0.536. The van der Waals surface area contributed by atoms with E-state index < -0.39 is 0 Å². The van der Waals surface area contributed by atoms with Crippen LogP contribution in [0.3, 0.4) is 0 Å². The van der Waals surface area contributed by atoms with Gasteiger partial charge in [0.25, 0.3) is 0 Å². The summed E-state index contributed by atoms with van der Waals surface area (Å²) in [6.45, 7) is 17.5. The Bertz CT molecular complexity index is 699. The van der Waals surface area contributed by atoms with E-state index in [1.54, 1.807) is 6.08 Å². The number of allylic oxidation sites excluding steroid dienone is 4. The Morgan fingerprint density at radius 3 is 2.29 bits per heavy atom. The Balaban J connectivity index is 2.67. The average molecular weight is 345 g/mol. The molecule has 2 heteroatoms. The van der Waals surface area contributed by atoms with E-state index in [-0.39, 0.29) is 10.8 Å². The second kappa shape index (κ2) is 6.80. The highest BCUT2D eigenvalue weighted by atomic mass is 35.5. The number of halogens is 1.